The van der Waals surface area contributed by atoms with Crippen LogP contribution >= 0.6 is 0 Å². The molecule has 0 spiro atoms. The molecule has 0 bridgehead atoms. The number of methoxy groups -OCH3 is 1. The van der Waals surface area contributed by atoms with Crippen molar-refractivity contribution in [1.29, 1.82) is 0 Å². The molecule has 4 rings (SSSR count). The third-order valence-electron chi connectivity index (χ3n) is 5.56. The van der Waals surface area contributed by atoms with Crippen LogP contribution in [-0.2, 0) is 11.2 Å². The van der Waals surface area contributed by atoms with Crippen LogP contribution in [0.4, 0.5) is 11.5 Å². The number of amides is 1. The topological polar surface area (TPSA) is 70.6 Å². The van der Waals surface area contributed by atoms with Gasteiger partial charge in [-0.05, 0) is 18.1 Å². The number of hydrogen-bond donors (Lipinski definition) is 1. The summed E-state index contributed by atoms with van der Waals surface area (Å²) in [6.07, 6.45) is 7.58. The predicted octanol–water partition coefficient (Wildman–Crippen LogP) is 1.65. The zero-order chi connectivity index (χ0) is 19.5. The summed E-state index contributed by atoms with van der Waals surface area (Å²) in [7, 11) is 1.68. The highest BCUT2D eigenvalue weighted by Crippen LogP contribution is 2.38. The Kier molecular flexibility index (Phi) is 5.14. The largest absolute Gasteiger partial charge is 0.497 e. The molecular weight excluding hydrogens is 354 g/mol. The van der Waals surface area contributed by atoms with E-state index >= 15 is 0 Å². The number of nitrogens with one attached hydrogen (secondary N) is 1. The van der Waals surface area contributed by atoms with E-state index in [1.807, 2.05) is 6.07 Å². The molecule has 2 aromatic rings. The molecule has 1 aromatic heterocycles. The minimum absolute atomic E-state index is 0.0557. The van der Waals surface area contributed by atoms with Gasteiger partial charge < -0.3 is 19.9 Å². The van der Waals surface area contributed by atoms with Crippen molar-refractivity contribution in [2.45, 2.75) is 12.5 Å². The van der Waals surface area contributed by atoms with Crippen LogP contribution in [0.3, 0.4) is 0 Å². The van der Waals surface area contributed by atoms with Gasteiger partial charge in [0.2, 0.25) is 5.91 Å². The van der Waals surface area contributed by atoms with Gasteiger partial charge in [0.25, 0.3) is 0 Å². The number of carbonyl (C=O) groups is 1. The van der Waals surface area contributed by atoms with Crippen molar-refractivity contribution in [3.8, 4) is 5.75 Å². The average Bonchev–Trinajstić information content (AvgIpc) is 2.76. The summed E-state index contributed by atoms with van der Waals surface area (Å²) in [5.41, 5.74) is 2.35. The molecule has 28 heavy (non-hydrogen) atoms. The molecule has 146 valence electrons. The summed E-state index contributed by atoms with van der Waals surface area (Å²) in [4.78, 5) is 26.1. The van der Waals surface area contributed by atoms with Gasteiger partial charge in [-0.25, -0.2) is 4.98 Å². The lowest BCUT2D eigenvalue weighted by Crippen LogP contribution is -2.61. The van der Waals surface area contributed by atoms with E-state index in [1.165, 1.54) is 5.56 Å². The zero-order valence-electron chi connectivity index (χ0n) is 16.0. The third-order valence-corrected chi connectivity index (χ3v) is 5.56. The van der Waals surface area contributed by atoms with Crippen LogP contribution < -0.4 is 19.9 Å². The van der Waals surface area contributed by atoms with Crippen molar-refractivity contribution in [3.05, 3.63) is 55.0 Å². The van der Waals surface area contributed by atoms with Crippen LogP contribution in [0.25, 0.3) is 0 Å². The van der Waals surface area contributed by atoms with Gasteiger partial charge >= 0.3 is 0 Å². The van der Waals surface area contributed by atoms with Crippen molar-refractivity contribution < 1.29 is 9.53 Å². The van der Waals surface area contributed by atoms with E-state index in [1.54, 1.807) is 31.8 Å². The molecule has 7 heteroatoms. The maximum atomic E-state index is 12.9. The Morgan fingerprint density at radius 1 is 1.39 bits per heavy atom. The van der Waals surface area contributed by atoms with Crippen LogP contribution in [-0.4, -0.2) is 55.2 Å². The first-order valence-electron chi connectivity index (χ1n) is 9.54. The number of benzene rings is 1. The normalized spacial score (nSPS) is 20.8. The van der Waals surface area contributed by atoms with Gasteiger partial charge in [-0.3, -0.25) is 9.78 Å². The van der Waals surface area contributed by atoms with Crippen molar-refractivity contribution in [3.63, 3.8) is 0 Å². The molecule has 2 aliphatic rings. The maximum Gasteiger partial charge on any atom is 0.225 e. The number of carbonyl (C=O) groups excluding carboxylic acids is 1. The third kappa shape index (κ3) is 3.40. The van der Waals surface area contributed by atoms with Gasteiger partial charge in [0.1, 0.15) is 11.6 Å². The number of hydrogen-bond acceptors (Lipinski definition) is 6. The van der Waals surface area contributed by atoms with Crippen LogP contribution in [0.5, 0.6) is 5.75 Å². The van der Waals surface area contributed by atoms with E-state index in [2.05, 4.69) is 43.8 Å². The molecule has 0 saturated carbocycles. The van der Waals surface area contributed by atoms with Crippen LogP contribution in [0.2, 0.25) is 0 Å². The van der Waals surface area contributed by atoms with E-state index in [-0.39, 0.29) is 17.9 Å². The minimum atomic E-state index is -0.139. The summed E-state index contributed by atoms with van der Waals surface area (Å²) in [5.74, 6) is 1.62. The lowest BCUT2D eigenvalue weighted by molar-refractivity contribution is -0.125. The second-order valence-electron chi connectivity index (χ2n) is 7.11. The highest BCUT2D eigenvalue weighted by Gasteiger charge is 2.41. The number of nitrogens with zero attached hydrogens (tertiary/aromatic N) is 4. The monoisotopic (exact) mass is 379 g/mol. The first-order chi connectivity index (χ1) is 13.7. The number of anilines is 2. The maximum absolute atomic E-state index is 12.9. The van der Waals surface area contributed by atoms with Crippen molar-refractivity contribution in [1.82, 2.24) is 15.3 Å². The fraction of sp³-hybridized carbons (Fsp3) is 0.381. The molecule has 2 aliphatic heterocycles. The summed E-state index contributed by atoms with van der Waals surface area (Å²) in [6, 6.07) is 6.18. The Balaban J connectivity index is 1.66. The van der Waals surface area contributed by atoms with E-state index in [9.17, 15) is 4.79 Å². The summed E-state index contributed by atoms with van der Waals surface area (Å²) in [6.45, 7) is 6.54. The predicted molar refractivity (Wildman–Crippen MR) is 109 cm³/mol. The van der Waals surface area contributed by atoms with E-state index in [4.69, 9.17) is 4.74 Å². The number of ether oxygens (including phenoxy) is 1. The molecule has 1 fully saturated rings. The molecule has 1 N–H and O–H groups in total. The quantitative estimate of drug-likeness (QED) is 0.797. The van der Waals surface area contributed by atoms with Gasteiger partial charge in [-0.15, -0.1) is 6.58 Å². The fourth-order valence-electron chi connectivity index (χ4n) is 4.17. The van der Waals surface area contributed by atoms with E-state index in [0.29, 0.717) is 13.0 Å². The second-order valence-corrected chi connectivity index (χ2v) is 7.11. The molecule has 0 aliphatic carbocycles. The molecule has 7 nitrogen and oxygen atoms in total. The molecule has 1 amide bonds. The van der Waals surface area contributed by atoms with E-state index < -0.39 is 0 Å². The van der Waals surface area contributed by atoms with Crippen LogP contribution in [0.15, 0.2) is 49.4 Å². The van der Waals surface area contributed by atoms with Crippen molar-refractivity contribution in [2.75, 3.05) is 43.1 Å². The van der Waals surface area contributed by atoms with Crippen molar-refractivity contribution in [2.24, 2.45) is 5.92 Å². The highest BCUT2D eigenvalue weighted by molar-refractivity contribution is 5.82. The first-order valence-corrected chi connectivity index (χ1v) is 9.54. The number of piperazine rings is 1. The van der Waals surface area contributed by atoms with Gasteiger partial charge in [0.05, 0.1) is 25.3 Å². The molecule has 1 saturated heterocycles. The average molecular weight is 379 g/mol. The van der Waals surface area contributed by atoms with Gasteiger partial charge in [-0.1, -0.05) is 12.1 Å². The van der Waals surface area contributed by atoms with Gasteiger partial charge in [0.15, 0.2) is 0 Å². The molecule has 2 unspecified atom stereocenters. The van der Waals surface area contributed by atoms with Crippen LogP contribution in [0, 0.1) is 5.92 Å². The SMILES string of the molecule is C=CCNC(=O)C1Cc2ccc(OC)cc2N2CCN(c3cnccn3)CC12. The zero-order valence-corrected chi connectivity index (χ0v) is 16.0. The highest BCUT2D eigenvalue weighted by atomic mass is 16.5. The Morgan fingerprint density at radius 3 is 3.04 bits per heavy atom. The lowest BCUT2D eigenvalue weighted by atomic mass is 9.83. The molecule has 3 heterocycles. The molecular formula is C21H25N5O2. The minimum Gasteiger partial charge on any atom is -0.497 e. The van der Waals surface area contributed by atoms with Gasteiger partial charge in [0, 0.05) is 50.3 Å². The Morgan fingerprint density at radius 2 is 2.29 bits per heavy atom. The lowest BCUT2D eigenvalue weighted by Gasteiger charge is -2.49. The molecule has 2 atom stereocenters. The number of rotatable bonds is 5. The Hall–Kier alpha value is -3.09. The second kappa shape index (κ2) is 7.88. The van der Waals surface area contributed by atoms with Gasteiger partial charge in [-0.2, -0.15) is 0 Å². The molecule has 0 radical (unpaired) electrons. The first kappa shape index (κ1) is 18.3. The smallest absolute Gasteiger partial charge is 0.225 e. The Bertz CT molecular complexity index is 857. The van der Waals surface area contributed by atoms with E-state index in [0.717, 1.165) is 36.9 Å². The summed E-state index contributed by atoms with van der Waals surface area (Å²) < 4.78 is 5.43. The fourth-order valence-corrected chi connectivity index (χ4v) is 4.17. The summed E-state index contributed by atoms with van der Waals surface area (Å²) >= 11 is 0. The standard InChI is InChI=1S/C21H25N5O2/c1-3-6-24-21(27)17-11-15-4-5-16(28-2)12-18(15)26-10-9-25(14-19(17)26)20-13-22-7-8-23-20/h3-5,7-8,12-13,17,19H,1,6,9-11,14H2,2H3,(H,24,27). The summed E-state index contributed by atoms with van der Waals surface area (Å²) in [5, 5.41) is 2.99. The molecule has 1 aromatic carbocycles. The Labute approximate surface area is 165 Å². The van der Waals surface area contributed by atoms with Crippen LogP contribution in [0.1, 0.15) is 5.56 Å². The number of fused-ring (bicyclic) bond motifs is 3. The number of aromatic nitrogens is 2. The van der Waals surface area contributed by atoms with Crippen molar-refractivity contribution >= 4 is 17.4 Å².